The Labute approximate surface area is 122 Å². The van der Waals surface area contributed by atoms with Gasteiger partial charge in [0.05, 0.1) is 11.4 Å². The van der Waals surface area contributed by atoms with Crippen molar-refractivity contribution >= 4 is 23.4 Å². The first-order valence-electron chi connectivity index (χ1n) is 6.27. The van der Waals surface area contributed by atoms with E-state index in [0.29, 0.717) is 29.5 Å². The Hall–Kier alpha value is -2.09. The summed E-state index contributed by atoms with van der Waals surface area (Å²) >= 11 is 5.17. The second-order valence-electron chi connectivity index (χ2n) is 4.58. The van der Waals surface area contributed by atoms with Crippen molar-refractivity contribution in [2.45, 2.75) is 20.4 Å². The smallest absolute Gasteiger partial charge is 0.184 e. The van der Waals surface area contributed by atoms with E-state index in [-0.39, 0.29) is 10.5 Å². The molecule has 1 N–H and O–H groups in total. The zero-order valence-electron chi connectivity index (χ0n) is 11.2. The third-order valence-corrected chi connectivity index (χ3v) is 3.56. The van der Waals surface area contributed by atoms with Crippen molar-refractivity contribution in [3.8, 4) is 5.69 Å². The summed E-state index contributed by atoms with van der Waals surface area (Å²) in [7, 11) is 0. The molecule has 0 fully saturated rings. The Morgan fingerprint density at radius 3 is 2.52 bits per heavy atom. The lowest BCUT2D eigenvalue weighted by Gasteiger charge is -2.08. The molecule has 2 aromatic heterocycles. The van der Waals surface area contributed by atoms with Crippen molar-refractivity contribution in [2.75, 3.05) is 0 Å². The zero-order chi connectivity index (χ0) is 15.3. The molecule has 0 radical (unpaired) electrons. The predicted molar refractivity (Wildman–Crippen MR) is 74.5 cm³/mol. The van der Waals surface area contributed by atoms with E-state index in [1.807, 2.05) is 6.92 Å². The van der Waals surface area contributed by atoms with E-state index in [1.54, 1.807) is 11.6 Å². The lowest BCUT2D eigenvalue weighted by molar-refractivity contribution is 0.492. The average Bonchev–Trinajstić information content (AvgIpc) is 2.91. The van der Waals surface area contributed by atoms with Crippen LogP contribution in [0.4, 0.5) is 13.2 Å². The summed E-state index contributed by atoms with van der Waals surface area (Å²) in [5, 5.41) is 4.29. The van der Waals surface area contributed by atoms with E-state index in [4.69, 9.17) is 12.2 Å². The normalized spacial score (nSPS) is 11.5. The lowest BCUT2D eigenvalue weighted by Crippen LogP contribution is -2.06. The highest BCUT2D eigenvalue weighted by molar-refractivity contribution is 7.71. The minimum absolute atomic E-state index is 0.153. The predicted octanol–water partition coefficient (Wildman–Crippen LogP) is 3.63. The maximum absolute atomic E-state index is 14.0. The molecule has 0 aliphatic carbocycles. The van der Waals surface area contributed by atoms with Crippen LogP contribution in [0.3, 0.4) is 0 Å². The number of aromatic amines is 1. The molecule has 0 bridgehead atoms. The molecule has 2 heterocycles. The first-order chi connectivity index (χ1) is 9.93. The Kier molecular flexibility index (Phi) is 3.12. The van der Waals surface area contributed by atoms with Crippen LogP contribution in [-0.4, -0.2) is 19.3 Å². The minimum Gasteiger partial charge on any atom is -0.327 e. The highest BCUT2D eigenvalue weighted by atomic mass is 32.1. The zero-order valence-corrected chi connectivity index (χ0v) is 12.1. The molecular weight excluding hydrogens is 301 g/mol. The first-order valence-corrected chi connectivity index (χ1v) is 6.68. The van der Waals surface area contributed by atoms with Crippen LogP contribution in [0.1, 0.15) is 12.6 Å². The van der Waals surface area contributed by atoms with E-state index >= 15 is 0 Å². The van der Waals surface area contributed by atoms with Gasteiger partial charge in [0.25, 0.3) is 0 Å². The number of H-pyrrole nitrogens is 1. The van der Waals surface area contributed by atoms with Gasteiger partial charge in [0.1, 0.15) is 11.3 Å². The van der Waals surface area contributed by atoms with Crippen LogP contribution in [0.5, 0.6) is 0 Å². The number of imidazole rings is 1. The third-order valence-electron chi connectivity index (χ3n) is 3.28. The Morgan fingerprint density at radius 1 is 1.19 bits per heavy atom. The second-order valence-corrected chi connectivity index (χ2v) is 4.97. The number of halogens is 3. The van der Waals surface area contributed by atoms with E-state index < -0.39 is 17.5 Å². The van der Waals surface area contributed by atoms with Crippen LogP contribution >= 0.6 is 12.2 Å². The summed E-state index contributed by atoms with van der Waals surface area (Å²) in [4.78, 5) is 2.92. The van der Waals surface area contributed by atoms with Gasteiger partial charge in [-0.15, -0.1) is 0 Å². The van der Waals surface area contributed by atoms with Crippen LogP contribution in [-0.2, 0) is 6.54 Å². The molecule has 0 saturated carbocycles. The third kappa shape index (κ3) is 1.98. The Balaban J connectivity index is 2.43. The van der Waals surface area contributed by atoms with Gasteiger partial charge in [0.2, 0.25) is 0 Å². The molecule has 0 amide bonds. The van der Waals surface area contributed by atoms with Gasteiger partial charge in [-0.1, -0.05) is 0 Å². The minimum atomic E-state index is -1.24. The molecule has 0 saturated heterocycles. The van der Waals surface area contributed by atoms with Gasteiger partial charge in [-0.25, -0.2) is 17.9 Å². The number of benzene rings is 1. The monoisotopic (exact) mass is 312 g/mol. The van der Waals surface area contributed by atoms with E-state index in [2.05, 4.69) is 10.1 Å². The summed E-state index contributed by atoms with van der Waals surface area (Å²) in [6.07, 6.45) is 0. The summed E-state index contributed by atoms with van der Waals surface area (Å²) in [5.74, 6) is -3.27. The maximum atomic E-state index is 14.0. The van der Waals surface area contributed by atoms with Gasteiger partial charge >= 0.3 is 0 Å². The van der Waals surface area contributed by atoms with Gasteiger partial charge in [-0.2, -0.15) is 5.10 Å². The van der Waals surface area contributed by atoms with Gasteiger partial charge in [0.15, 0.2) is 22.1 Å². The van der Waals surface area contributed by atoms with Crippen molar-refractivity contribution in [3.05, 3.63) is 40.0 Å². The summed E-state index contributed by atoms with van der Waals surface area (Å²) < 4.78 is 43.7. The van der Waals surface area contributed by atoms with Crippen molar-refractivity contribution in [2.24, 2.45) is 0 Å². The number of nitrogens with zero attached hydrogens (tertiary/aromatic N) is 3. The molecule has 1 aromatic carbocycles. The summed E-state index contributed by atoms with van der Waals surface area (Å²) in [5.41, 5.74) is 1.70. The Bertz CT molecular complexity index is 906. The molecule has 0 spiro atoms. The topological polar surface area (TPSA) is 38.5 Å². The van der Waals surface area contributed by atoms with E-state index in [0.717, 1.165) is 6.07 Å². The largest absolute Gasteiger partial charge is 0.327 e. The fourth-order valence-electron chi connectivity index (χ4n) is 2.33. The SMILES string of the molecule is CCn1nc(C)c2[nH]c(=S)n(-c3cc(F)c(F)cc3F)c21. The van der Waals surface area contributed by atoms with Crippen LogP contribution in [0.2, 0.25) is 0 Å². The maximum Gasteiger partial charge on any atom is 0.184 e. The van der Waals surface area contributed by atoms with Crippen molar-refractivity contribution in [1.29, 1.82) is 0 Å². The standard InChI is InChI=1S/C13H11F3N4S/c1-3-19-12-11(6(2)18-19)17-13(21)20(12)10-5-8(15)7(14)4-9(10)16/h4-5H,3H2,1-2H3,(H,17,21). The summed E-state index contributed by atoms with van der Waals surface area (Å²) in [6, 6.07) is 1.29. The number of nitrogens with one attached hydrogen (secondary N) is 1. The lowest BCUT2D eigenvalue weighted by atomic mass is 10.2. The fourth-order valence-corrected chi connectivity index (χ4v) is 2.62. The number of aryl methyl sites for hydroxylation is 2. The van der Waals surface area contributed by atoms with Crippen LogP contribution in [0.25, 0.3) is 16.9 Å². The highest BCUT2D eigenvalue weighted by Gasteiger charge is 2.19. The van der Waals surface area contributed by atoms with Crippen molar-refractivity contribution in [3.63, 3.8) is 0 Å². The molecule has 0 unspecified atom stereocenters. The number of hydrogen-bond acceptors (Lipinski definition) is 2. The molecule has 110 valence electrons. The number of hydrogen-bond donors (Lipinski definition) is 1. The van der Waals surface area contributed by atoms with E-state index in [9.17, 15) is 13.2 Å². The summed E-state index contributed by atoms with van der Waals surface area (Å²) in [6.45, 7) is 4.18. The highest BCUT2D eigenvalue weighted by Crippen LogP contribution is 2.25. The number of fused-ring (bicyclic) bond motifs is 1. The fraction of sp³-hybridized carbons (Fsp3) is 0.231. The van der Waals surface area contributed by atoms with Gasteiger partial charge in [0, 0.05) is 18.7 Å². The van der Waals surface area contributed by atoms with Crippen molar-refractivity contribution in [1.82, 2.24) is 19.3 Å². The first kappa shape index (κ1) is 13.9. The number of rotatable bonds is 2. The molecule has 0 aliphatic rings. The molecule has 4 nitrogen and oxygen atoms in total. The Morgan fingerprint density at radius 2 is 1.86 bits per heavy atom. The van der Waals surface area contributed by atoms with Gasteiger partial charge < -0.3 is 4.98 Å². The number of aromatic nitrogens is 4. The quantitative estimate of drug-likeness (QED) is 0.580. The average molecular weight is 312 g/mol. The molecule has 8 heteroatoms. The molecular formula is C13H11F3N4S. The second kappa shape index (κ2) is 4.73. The molecule has 0 atom stereocenters. The molecule has 0 aliphatic heterocycles. The van der Waals surface area contributed by atoms with Gasteiger partial charge in [-0.05, 0) is 26.1 Å². The molecule has 21 heavy (non-hydrogen) atoms. The van der Waals surface area contributed by atoms with Crippen LogP contribution in [0, 0.1) is 29.1 Å². The van der Waals surface area contributed by atoms with Gasteiger partial charge in [-0.3, -0.25) is 4.57 Å². The molecule has 3 aromatic rings. The molecule has 3 rings (SSSR count). The van der Waals surface area contributed by atoms with Crippen molar-refractivity contribution < 1.29 is 13.2 Å². The van der Waals surface area contributed by atoms with Crippen LogP contribution < -0.4 is 0 Å². The van der Waals surface area contributed by atoms with E-state index in [1.165, 1.54) is 4.57 Å². The van der Waals surface area contributed by atoms with Crippen LogP contribution in [0.15, 0.2) is 12.1 Å².